The Bertz CT molecular complexity index is 528. The predicted octanol–water partition coefficient (Wildman–Crippen LogP) is 2.19. The number of nitrogens with two attached hydrogens (primary N) is 1. The molecule has 152 valence electrons. The molecule has 3 N–H and O–H groups in total. The number of ether oxygens (including phenoxy) is 1. The molecule has 0 aromatic heterocycles. The molecule has 10 heteroatoms. The number of alkyl halides is 3. The summed E-state index contributed by atoms with van der Waals surface area (Å²) in [4.78, 5) is 37.0. The number of hydrogen-bond donors (Lipinski definition) is 2. The number of carbonyl (C=O) groups excluding carboxylic acids is 3. The molecule has 0 aromatic rings. The summed E-state index contributed by atoms with van der Waals surface area (Å²) in [6.07, 6.45) is -5.62. The lowest BCUT2D eigenvalue weighted by Gasteiger charge is -2.35. The second-order valence-corrected chi connectivity index (χ2v) is 7.57. The molecular formula is C16H28F3N3O4. The van der Waals surface area contributed by atoms with Gasteiger partial charge in [0.25, 0.3) is 0 Å². The molecule has 0 unspecified atom stereocenters. The minimum atomic E-state index is -4.77. The van der Waals surface area contributed by atoms with Crippen molar-refractivity contribution in [2.45, 2.75) is 65.8 Å². The van der Waals surface area contributed by atoms with Gasteiger partial charge < -0.3 is 20.7 Å². The highest BCUT2D eigenvalue weighted by molar-refractivity contribution is 5.89. The van der Waals surface area contributed by atoms with E-state index in [-0.39, 0.29) is 13.1 Å². The monoisotopic (exact) mass is 383 g/mol. The number of nitrogens with zero attached hydrogens (tertiary/aromatic N) is 1. The molecule has 0 spiro atoms. The van der Waals surface area contributed by atoms with Crippen LogP contribution in [0.2, 0.25) is 0 Å². The van der Waals surface area contributed by atoms with Crippen molar-refractivity contribution >= 4 is 17.9 Å². The van der Waals surface area contributed by atoms with Crippen molar-refractivity contribution in [3.8, 4) is 0 Å². The molecule has 0 aliphatic heterocycles. The van der Waals surface area contributed by atoms with Gasteiger partial charge in [-0.15, -0.1) is 0 Å². The molecule has 0 aromatic carbocycles. The van der Waals surface area contributed by atoms with Crippen LogP contribution < -0.4 is 11.1 Å². The van der Waals surface area contributed by atoms with E-state index in [4.69, 9.17) is 5.73 Å². The summed E-state index contributed by atoms with van der Waals surface area (Å²) >= 11 is 0. The van der Waals surface area contributed by atoms with Gasteiger partial charge in [0.05, 0.1) is 6.54 Å². The van der Waals surface area contributed by atoms with Crippen LogP contribution in [-0.2, 0) is 14.3 Å². The lowest BCUT2D eigenvalue weighted by molar-refractivity contribution is -0.244. The minimum Gasteiger partial charge on any atom is -0.434 e. The summed E-state index contributed by atoms with van der Waals surface area (Å²) < 4.78 is 43.1. The van der Waals surface area contributed by atoms with Crippen LogP contribution in [0.25, 0.3) is 0 Å². The lowest BCUT2D eigenvalue weighted by atomic mass is 9.85. The van der Waals surface area contributed by atoms with Crippen LogP contribution >= 0.6 is 0 Å². The SMILES string of the molecule is CCCN(CC(N)=O)C(=O)[C@@H](NC(=O)OC(C)(C)C(F)(F)F)C(C)(C)C. The molecule has 0 saturated carbocycles. The molecule has 26 heavy (non-hydrogen) atoms. The average Bonchev–Trinajstić information content (AvgIpc) is 2.40. The Morgan fingerprint density at radius 2 is 1.62 bits per heavy atom. The summed E-state index contributed by atoms with van der Waals surface area (Å²) in [7, 11) is 0. The number of halogens is 3. The number of amides is 3. The third kappa shape index (κ3) is 7.09. The number of nitrogens with one attached hydrogen (secondary N) is 1. The van der Waals surface area contributed by atoms with Gasteiger partial charge in [-0.1, -0.05) is 27.7 Å². The molecule has 0 saturated heterocycles. The summed E-state index contributed by atoms with van der Waals surface area (Å²) in [5.41, 5.74) is 1.56. The molecular weight excluding hydrogens is 355 g/mol. The first-order valence-corrected chi connectivity index (χ1v) is 8.16. The van der Waals surface area contributed by atoms with Crippen molar-refractivity contribution in [1.82, 2.24) is 10.2 Å². The third-order valence-corrected chi connectivity index (χ3v) is 3.56. The quantitative estimate of drug-likeness (QED) is 0.703. The Morgan fingerprint density at radius 3 is 1.96 bits per heavy atom. The fraction of sp³-hybridized carbons (Fsp3) is 0.812. The lowest BCUT2D eigenvalue weighted by Crippen LogP contribution is -2.57. The molecule has 1 atom stereocenters. The first-order valence-electron chi connectivity index (χ1n) is 8.16. The maximum atomic E-state index is 12.9. The van der Waals surface area contributed by atoms with Crippen LogP contribution in [0.1, 0.15) is 48.0 Å². The Morgan fingerprint density at radius 1 is 1.12 bits per heavy atom. The Labute approximate surface area is 151 Å². The summed E-state index contributed by atoms with van der Waals surface area (Å²) in [5, 5.41) is 2.19. The van der Waals surface area contributed by atoms with E-state index in [1.165, 1.54) is 0 Å². The van der Waals surface area contributed by atoms with E-state index in [1.54, 1.807) is 27.7 Å². The molecule has 0 bridgehead atoms. The number of hydrogen-bond acceptors (Lipinski definition) is 4. The van der Waals surface area contributed by atoms with Gasteiger partial charge in [0, 0.05) is 6.54 Å². The summed E-state index contributed by atoms with van der Waals surface area (Å²) in [5.74, 6) is -1.36. The zero-order valence-electron chi connectivity index (χ0n) is 16.0. The Balaban J connectivity index is 5.42. The van der Waals surface area contributed by atoms with Gasteiger partial charge in [0.1, 0.15) is 6.04 Å². The topological polar surface area (TPSA) is 102 Å². The highest BCUT2D eigenvalue weighted by Crippen LogP contribution is 2.33. The molecule has 0 radical (unpaired) electrons. The summed E-state index contributed by atoms with van der Waals surface area (Å²) in [6, 6.07) is -1.20. The van der Waals surface area contributed by atoms with Gasteiger partial charge in [-0.3, -0.25) is 9.59 Å². The minimum absolute atomic E-state index is 0.207. The average molecular weight is 383 g/mol. The second-order valence-electron chi connectivity index (χ2n) is 7.57. The number of alkyl carbamates (subject to hydrolysis) is 1. The third-order valence-electron chi connectivity index (χ3n) is 3.56. The number of primary amides is 1. The standard InChI is InChI=1S/C16H28F3N3O4/c1-7-8-22(9-10(20)23)12(24)11(14(2,3)4)21-13(25)26-15(5,6)16(17,18)19/h11H,7-9H2,1-6H3,(H2,20,23)(H,21,25)/t11-/m1/s1. The zero-order valence-corrected chi connectivity index (χ0v) is 16.0. The fourth-order valence-electron chi connectivity index (χ4n) is 1.99. The van der Waals surface area contributed by atoms with Crippen LogP contribution in [0.3, 0.4) is 0 Å². The van der Waals surface area contributed by atoms with E-state index in [0.29, 0.717) is 20.3 Å². The van der Waals surface area contributed by atoms with Crippen molar-refractivity contribution in [1.29, 1.82) is 0 Å². The van der Waals surface area contributed by atoms with E-state index < -0.39 is 41.1 Å². The Kier molecular flexibility index (Phi) is 7.93. The second kappa shape index (κ2) is 8.59. The molecule has 0 fully saturated rings. The maximum absolute atomic E-state index is 12.9. The smallest absolute Gasteiger partial charge is 0.427 e. The van der Waals surface area contributed by atoms with Gasteiger partial charge in [-0.05, 0) is 25.7 Å². The van der Waals surface area contributed by atoms with Gasteiger partial charge in [-0.2, -0.15) is 13.2 Å². The first kappa shape index (κ1) is 24.0. The molecule has 0 aliphatic carbocycles. The van der Waals surface area contributed by atoms with E-state index in [0.717, 1.165) is 4.90 Å². The van der Waals surface area contributed by atoms with Crippen molar-refractivity contribution < 1.29 is 32.3 Å². The molecule has 7 nitrogen and oxygen atoms in total. The van der Waals surface area contributed by atoms with E-state index in [9.17, 15) is 27.6 Å². The van der Waals surface area contributed by atoms with Crippen LogP contribution in [0.5, 0.6) is 0 Å². The van der Waals surface area contributed by atoms with E-state index >= 15 is 0 Å². The van der Waals surface area contributed by atoms with Crippen molar-refractivity contribution in [3.05, 3.63) is 0 Å². The fourth-order valence-corrected chi connectivity index (χ4v) is 1.99. The normalized spacial score (nSPS) is 13.7. The van der Waals surface area contributed by atoms with Crippen LogP contribution in [0, 0.1) is 5.41 Å². The van der Waals surface area contributed by atoms with Gasteiger partial charge >= 0.3 is 12.3 Å². The first-order chi connectivity index (χ1) is 11.5. The number of rotatable bonds is 7. The van der Waals surface area contributed by atoms with Crippen LogP contribution in [0.4, 0.5) is 18.0 Å². The molecule has 0 aliphatic rings. The molecule has 0 heterocycles. The van der Waals surface area contributed by atoms with Gasteiger partial charge in [-0.25, -0.2) is 4.79 Å². The van der Waals surface area contributed by atoms with E-state index in [1.807, 2.05) is 0 Å². The van der Waals surface area contributed by atoms with E-state index in [2.05, 4.69) is 10.1 Å². The summed E-state index contributed by atoms with van der Waals surface area (Å²) in [6.45, 7) is 7.91. The number of carbonyl (C=O) groups is 3. The highest BCUT2D eigenvalue weighted by Gasteiger charge is 2.51. The van der Waals surface area contributed by atoms with Gasteiger partial charge in [0.2, 0.25) is 17.4 Å². The van der Waals surface area contributed by atoms with Crippen molar-refractivity contribution in [3.63, 3.8) is 0 Å². The largest absolute Gasteiger partial charge is 0.434 e. The van der Waals surface area contributed by atoms with Crippen molar-refractivity contribution in [2.75, 3.05) is 13.1 Å². The van der Waals surface area contributed by atoms with Crippen molar-refractivity contribution in [2.24, 2.45) is 11.1 Å². The zero-order chi connectivity index (χ0) is 20.9. The predicted molar refractivity (Wildman–Crippen MR) is 89.1 cm³/mol. The highest BCUT2D eigenvalue weighted by atomic mass is 19.4. The van der Waals surface area contributed by atoms with Crippen LogP contribution in [-0.4, -0.2) is 53.7 Å². The van der Waals surface area contributed by atoms with Gasteiger partial charge in [0.15, 0.2) is 0 Å². The maximum Gasteiger partial charge on any atom is 0.427 e. The molecule has 0 rings (SSSR count). The van der Waals surface area contributed by atoms with Crippen LogP contribution in [0.15, 0.2) is 0 Å². The Hall–Kier alpha value is -2.00. The molecule has 3 amide bonds.